The lowest BCUT2D eigenvalue weighted by Gasteiger charge is -2.12. The number of methoxy groups -OCH3 is 2. The summed E-state index contributed by atoms with van der Waals surface area (Å²) in [6.07, 6.45) is 4.33. The third-order valence-electron chi connectivity index (χ3n) is 4.01. The van der Waals surface area contributed by atoms with Crippen LogP contribution in [-0.4, -0.2) is 47.0 Å². The van der Waals surface area contributed by atoms with Crippen molar-refractivity contribution in [3.05, 3.63) is 59.6 Å². The molecule has 0 radical (unpaired) electrons. The molecule has 0 atom stereocenters. The van der Waals surface area contributed by atoms with Gasteiger partial charge >= 0.3 is 0 Å². The summed E-state index contributed by atoms with van der Waals surface area (Å²) in [5, 5.41) is 0. The van der Waals surface area contributed by atoms with Gasteiger partial charge in [0.1, 0.15) is 18.2 Å². The molecule has 0 saturated heterocycles. The smallest absolute Gasteiger partial charge is 0.216 e. The van der Waals surface area contributed by atoms with E-state index in [0.717, 1.165) is 28.4 Å². The molecular weight excluding hydrogens is 344 g/mol. The van der Waals surface area contributed by atoms with Gasteiger partial charge in [-0.1, -0.05) is 6.07 Å². The highest BCUT2D eigenvalue weighted by molar-refractivity contribution is 5.49. The molecule has 7 nitrogen and oxygen atoms in total. The molecule has 0 fully saturated rings. The molecule has 0 aliphatic heterocycles. The largest absolute Gasteiger partial charge is 0.495 e. The maximum Gasteiger partial charge on any atom is 0.216 e. The predicted octanol–water partition coefficient (Wildman–Crippen LogP) is 2.90. The molecule has 2 heterocycles. The van der Waals surface area contributed by atoms with Gasteiger partial charge in [-0.15, -0.1) is 0 Å². The number of imidazole rings is 1. The van der Waals surface area contributed by atoms with E-state index in [4.69, 9.17) is 14.2 Å². The van der Waals surface area contributed by atoms with Crippen molar-refractivity contribution in [2.45, 2.75) is 20.3 Å². The number of ether oxygens (including phenoxy) is 3. The number of rotatable bonds is 8. The normalized spacial score (nSPS) is 10.8. The second kappa shape index (κ2) is 8.64. The quantitative estimate of drug-likeness (QED) is 0.570. The van der Waals surface area contributed by atoms with Gasteiger partial charge in [0, 0.05) is 31.5 Å². The molecule has 0 spiro atoms. The van der Waals surface area contributed by atoms with Gasteiger partial charge in [0.2, 0.25) is 5.88 Å². The van der Waals surface area contributed by atoms with Crippen molar-refractivity contribution >= 4 is 0 Å². The SMILES string of the molecule is COCCOc1cc(C)nc(Cc2ccc(-n3cnc(C)c3)c(OC)c2)n1. The molecule has 0 aliphatic carbocycles. The average Bonchev–Trinajstić information content (AvgIpc) is 3.07. The molecule has 7 heteroatoms. The van der Waals surface area contributed by atoms with Crippen LogP contribution in [0.15, 0.2) is 36.8 Å². The van der Waals surface area contributed by atoms with Crippen LogP contribution in [0.5, 0.6) is 11.6 Å². The molecule has 0 N–H and O–H groups in total. The molecule has 3 aromatic rings. The number of aryl methyl sites for hydroxylation is 2. The molecule has 0 amide bonds. The molecule has 2 aromatic heterocycles. The van der Waals surface area contributed by atoms with Crippen LogP contribution >= 0.6 is 0 Å². The molecular formula is C20H24N4O3. The second-order valence-electron chi connectivity index (χ2n) is 6.21. The van der Waals surface area contributed by atoms with Crippen molar-refractivity contribution in [3.8, 4) is 17.3 Å². The number of hydrogen-bond donors (Lipinski definition) is 0. The molecule has 0 bridgehead atoms. The van der Waals surface area contributed by atoms with Gasteiger partial charge in [-0.25, -0.2) is 9.97 Å². The van der Waals surface area contributed by atoms with Crippen LogP contribution in [0, 0.1) is 13.8 Å². The van der Waals surface area contributed by atoms with Crippen molar-refractivity contribution in [3.63, 3.8) is 0 Å². The van der Waals surface area contributed by atoms with E-state index in [-0.39, 0.29) is 0 Å². The van der Waals surface area contributed by atoms with Gasteiger partial charge < -0.3 is 18.8 Å². The van der Waals surface area contributed by atoms with E-state index < -0.39 is 0 Å². The van der Waals surface area contributed by atoms with Crippen LogP contribution in [0.3, 0.4) is 0 Å². The van der Waals surface area contributed by atoms with E-state index in [9.17, 15) is 0 Å². The van der Waals surface area contributed by atoms with E-state index in [1.54, 1.807) is 20.5 Å². The first-order valence-corrected chi connectivity index (χ1v) is 8.73. The fourth-order valence-electron chi connectivity index (χ4n) is 2.76. The number of hydrogen-bond acceptors (Lipinski definition) is 6. The first-order valence-electron chi connectivity index (χ1n) is 8.73. The summed E-state index contributed by atoms with van der Waals surface area (Å²) in [5.74, 6) is 2.04. The van der Waals surface area contributed by atoms with Gasteiger partial charge in [-0.05, 0) is 31.5 Å². The topological polar surface area (TPSA) is 71.3 Å². The summed E-state index contributed by atoms with van der Waals surface area (Å²) in [7, 11) is 3.31. The van der Waals surface area contributed by atoms with Crippen molar-refractivity contribution in [1.82, 2.24) is 19.5 Å². The zero-order valence-corrected chi connectivity index (χ0v) is 16.1. The Morgan fingerprint density at radius 1 is 1.00 bits per heavy atom. The third kappa shape index (κ3) is 4.83. The fourth-order valence-corrected chi connectivity index (χ4v) is 2.76. The third-order valence-corrected chi connectivity index (χ3v) is 4.01. The Balaban J connectivity index is 1.81. The van der Waals surface area contributed by atoms with Gasteiger partial charge in [0.05, 0.1) is 31.4 Å². The van der Waals surface area contributed by atoms with E-state index in [1.807, 2.05) is 48.9 Å². The van der Waals surface area contributed by atoms with Crippen LogP contribution in [-0.2, 0) is 11.2 Å². The van der Waals surface area contributed by atoms with Crippen LogP contribution in [0.4, 0.5) is 0 Å². The lowest BCUT2D eigenvalue weighted by atomic mass is 10.1. The Labute approximate surface area is 159 Å². The van der Waals surface area contributed by atoms with Crippen LogP contribution in [0.1, 0.15) is 22.8 Å². The van der Waals surface area contributed by atoms with Crippen LogP contribution < -0.4 is 9.47 Å². The monoisotopic (exact) mass is 368 g/mol. The molecule has 1 aromatic carbocycles. The molecule has 0 aliphatic rings. The predicted molar refractivity (Wildman–Crippen MR) is 102 cm³/mol. The van der Waals surface area contributed by atoms with E-state index in [2.05, 4.69) is 15.0 Å². The first-order chi connectivity index (χ1) is 13.1. The minimum absolute atomic E-state index is 0.458. The Morgan fingerprint density at radius 3 is 2.56 bits per heavy atom. The lowest BCUT2D eigenvalue weighted by Crippen LogP contribution is -2.08. The zero-order valence-electron chi connectivity index (χ0n) is 16.1. The number of aromatic nitrogens is 4. The minimum atomic E-state index is 0.458. The fraction of sp³-hybridized carbons (Fsp3) is 0.350. The zero-order chi connectivity index (χ0) is 19.2. The van der Waals surface area contributed by atoms with E-state index in [0.29, 0.717) is 31.3 Å². The van der Waals surface area contributed by atoms with Crippen molar-refractivity contribution in [1.29, 1.82) is 0 Å². The van der Waals surface area contributed by atoms with Gasteiger partial charge in [-0.3, -0.25) is 0 Å². The lowest BCUT2D eigenvalue weighted by molar-refractivity contribution is 0.143. The second-order valence-corrected chi connectivity index (χ2v) is 6.21. The maximum atomic E-state index is 5.62. The van der Waals surface area contributed by atoms with Crippen molar-refractivity contribution < 1.29 is 14.2 Å². The Morgan fingerprint density at radius 2 is 1.85 bits per heavy atom. The molecule has 3 rings (SSSR count). The molecule has 142 valence electrons. The Bertz CT molecular complexity index is 908. The maximum absolute atomic E-state index is 5.62. The summed E-state index contributed by atoms with van der Waals surface area (Å²) >= 11 is 0. The summed E-state index contributed by atoms with van der Waals surface area (Å²) in [6, 6.07) is 7.89. The van der Waals surface area contributed by atoms with Crippen molar-refractivity contribution in [2.24, 2.45) is 0 Å². The molecule has 0 saturated carbocycles. The number of benzene rings is 1. The van der Waals surface area contributed by atoms with Crippen LogP contribution in [0.2, 0.25) is 0 Å². The van der Waals surface area contributed by atoms with E-state index >= 15 is 0 Å². The Kier molecular flexibility index (Phi) is 6.03. The van der Waals surface area contributed by atoms with Crippen LogP contribution in [0.25, 0.3) is 5.69 Å². The van der Waals surface area contributed by atoms with Gasteiger partial charge in [-0.2, -0.15) is 4.98 Å². The minimum Gasteiger partial charge on any atom is -0.495 e. The molecule has 27 heavy (non-hydrogen) atoms. The standard InChI is InChI=1S/C20H24N4O3/c1-14-9-20(27-8-7-25-3)23-19(22-14)11-16-5-6-17(18(10-16)26-4)24-12-15(2)21-13-24/h5-6,9-10,12-13H,7-8,11H2,1-4H3. The molecule has 0 unspecified atom stereocenters. The van der Waals surface area contributed by atoms with Gasteiger partial charge in [0.25, 0.3) is 0 Å². The summed E-state index contributed by atoms with van der Waals surface area (Å²) < 4.78 is 18.1. The first kappa shape index (κ1) is 18.8. The summed E-state index contributed by atoms with van der Waals surface area (Å²) in [4.78, 5) is 13.3. The van der Waals surface area contributed by atoms with Crippen molar-refractivity contribution in [2.75, 3.05) is 27.4 Å². The Hall–Kier alpha value is -2.93. The highest BCUT2D eigenvalue weighted by atomic mass is 16.5. The summed E-state index contributed by atoms with van der Waals surface area (Å²) in [5.41, 5.74) is 3.82. The highest BCUT2D eigenvalue weighted by Gasteiger charge is 2.10. The summed E-state index contributed by atoms with van der Waals surface area (Å²) in [6.45, 7) is 4.86. The van der Waals surface area contributed by atoms with E-state index in [1.165, 1.54) is 0 Å². The average molecular weight is 368 g/mol. The van der Waals surface area contributed by atoms with Gasteiger partial charge in [0.15, 0.2) is 0 Å². The number of nitrogens with zero attached hydrogens (tertiary/aromatic N) is 4. The highest BCUT2D eigenvalue weighted by Crippen LogP contribution is 2.25.